The molecule has 0 spiro atoms. The molecule has 0 atom stereocenters. The molecule has 0 aliphatic carbocycles. The number of alkyl halides is 1. The average Bonchev–Trinajstić information content (AvgIpc) is 2.16. The molecule has 1 rings (SSSR count). The summed E-state index contributed by atoms with van der Waals surface area (Å²) in [5.74, 6) is 0. The molecule has 0 N–H and O–H groups in total. The first-order valence-corrected chi connectivity index (χ1v) is 2.90. The minimum Gasteiger partial charge on any atom is -0.260 e. The van der Waals surface area contributed by atoms with E-state index in [0.29, 0.717) is 0 Å². The third-order valence-corrected chi connectivity index (χ3v) is 1.44. The van der Waals surface area contributed by atoms with Crippen molar-refractivity contribution in [1.82, 2.24) is 0 Å². The van der Waals surface area contributed by atoms with E-state index in [2.05, 4.69) is 20.7 Å². The molecule has 7 nitrogen and oxygen atoms in total. The molecule has 0 amide bonds. The van der Waals surface area contributed by atoms with Gasteiger partial charge in [0.05, 0.1) is 27.5 Å². The summed E-state index contributed by atoms with van der Waals surface area (Å²) >= 11 is 1.44. The maximum Gasteiger partial charge on any atom is 0.496 e. The number of halogens is 1. The minimum absolute atomic E-state index is 0.673. The third kappa shape index (κ3) is 1.01. The summed E-state index contributed by atoms with van der Waals surface area (Å²) in [6.07, 6.45) is 0. The lowest BCUT2D eigenvalue weighted by Crippen LogP contribution is -2.23. The average molecular weight is 241 g/mol. The topological polar surface area (TPSA) is 92.6 Å². The van der Waals surface area contributed by atoms with Gasteiger partial charge in [-0.3, -0.25) is 10.1 Å². The van der Waals surface area contributed by atoms with E-state index in [-0.39, 0.29) is 0 Å². The van der Waals surface area contributed by atoms with E-state index in [9.17, 15) is 10.1 Å². The van der Waals surface area contributed by atoms with E-state index in [1.807, 2.05) is 0 Å². The van der Waals surface area contributed by atoms with E-state index >= 15 is 0 Å². The normalized spacial score (nSPS) is 20.6. The Morgan fingerprint density at radius 2 is 1.89 bits per heavy atom. The van der Waals surface area contributed by atoms with Gasteiger partial charge in [0.25, 0.3) is 0 Å². The van der Waals surface area contributed by atoms with Gasteiger partial charge in [0.2, 0.25) is 0 Å². The fourth-order valence-electron chi connectivity index (χ4n) is 0.247. The van der Waals surface area contributed by atoms with E-state index < -0.39 is 8.72 Å². The van der Waals surface area contributed by atoms with Gasteiger partial charge in [-0.05, 0) is 10.4 Å². The highest BCUT2D eigenvalue weighted by Crippen LogP contribution is 2.27. The molecule has 48 valence electrons. The molecule has 0 aromatic rings. The van der Waals surface area contributed by atoms with Crippen molar-refractivity contribution in [3.63, 3.8) is 0 Å². The molecular formula is CIN5O2. The molecule has 0 saturated carbocycles. The maximum absolute atomic E-state index is 10.0. The van der Waals surface area contributed by atoms with E-state index in [4.69, 9.17) is 0 Å². The van der Waals surface area contributed by atoms with Gasteiger partial charge in [-0.1, -0.05) is 10.2 Å². The number of rotatable bonds is 1. The summed E-state index contributed by atoms with van der Waals surface area (Å²) in [5, 5.41) is 22.3. The van der Waals surface area contributed by atoms with E-state index in [0.717, 1.165) is 0 Å². The van der Waals surface area contributed by atoms with Crippen LogP contribution >= 0.6 is 22.6 Å². The molecular weight excluding hydrogens is 241 g/mol. The molecule has 1 heterocycles. The van der Waals surface area contributed by atoms with Crippen molar-refractivity contribution in [3.8, 4) is 0 Å². The lowest BCUT2D eigenvalue weighted by molar-refractivity contribution is -0.527. The predicted molar refractivity (Wildman–Crippen MR) is 33.5 cm³/mol. The zero-order chi connectivity index (χ0) is 6.91. The SMILES string of the molecule is O=[N+]([O-])C1(I)N=NN=N1. The van der Waals surface area contributed by atoms with Gasteiger partial charge < -0.3 is 0 Å². The molecule has 0 unspecified atom stereocenters. The van der Waals surface area contributed by atoms with Crippen molar-refractivity contribution in [2.75, 3.05) is 0 Å². The van der Waals surface area contributed by atoms with Gasteiger partial charge in [0.15, 0.2) is 0 Å². The second kappa shape index (κ2) is 1.93. The number of hydrogen-bond donors (Lipinski definition) is 0. The van der Waals surface area contributed by atoms with Crippen molar-refractivity contribution < 1.29 is 4.92 Å². The first-order chi connectivity index (χ1) is 4.15. The number of hydrogen-bond acceptors (Lipinski definition) is 6. The maximum atomic E-state index is 10.0. The van der Waals surface area contributed by atoms with Crippen LogP contribution in [0.3, 0.4) is 0 Å². The largest absolute Gasteiger partial charge is 0.496 e. The predicted octanol–water partition coefficient (Wildman–Crippen LogP) is 1.14. The Morgan fingerprint density at radius 3 is 2.11 bits per heavy atom. The van der Waals surface area contributed by atoms with Crippen molar-refractivity contribution in [2.45, 2.75) is 3.79 Å². The Kier molecular flexibility index (Phi) is 1.38. The summed E-state index contributed by atoms with van der Waals surface area (Å²) in [5.41, 5.74) is 0. The highest BCUT2D eigenvalue weighted by atomic mass is 127. The fraction of sp³-hybridized carbons (Fsp3) is 1.00. The summed E-state index contributed by atoms with van der Waals surface area (Å²) in [4.78, 5) is 9.34. The van der Waals surface area contributed by atoms with Gasteiger partial charge >= 0.3 is 3.79 Å². The summed E-state index contributed by atoms with van der Waals surface area (Å²) in [7, 11) is 0. The Hall–Kier alpha value is -0.670. The summed E-state index contributed by atoms with van der Waals surface area (Å²) in [6.45, 7) is 0. The lowest BCUT2D eigenvalue weighted by Gasteiger charge is -1.97. The van der Waals surface area contributed by atoms with Crippen molar-refractivity contribution in [2.24, 2.45) is 20.7 Å². The first-order valence-electron chi connectivity index (χ1n) is 1.82. The van der Waals surface area contributed by atoms with Gasteiger partial charge in [-0.25, -0.2) is 0 Å². The molecule has 0 bridgehead atoms. The summed E-state index contributed by atoms with van der Waals surface area (Å²) in [6, 6.07) is 0. The monoisotopic (exact) mass is 241 g/mol. The van der Waals surface area contributed by atoms with E-state index in [1.165, 1.54) is 22.6 Å². The zero-order valence-corrected chi connectivity index (χ0v) is 6.09. The molecule has 0 aromatic heterocycles. The molecule has 8 heteroatoms. The molecule has 0 aromatic carbocycles. The second-order valence-electron chi connectivity index (χ2n) is 1.19. The van der Waals surface area contributed by atoms with Crippen LogP contribution < -0.4 is 0 Å². The van der Waals surface area contributed by atoms with E-state index in [1.54, 1.807) is 0 Å². The Labute approximate surface area is 62.5 Å². The van der Waals surface area contributed by atoms with Crippen LogP contribution in [0.15, 0.2) is 20.7 Å². The smallest absolute Gasteiger partial charge is 0.260 e. The lowest BCUT2D eigenvalue weighted by atomic mass is 11.0. The van der Waals surface area contributed by atoms with Gasteiger partial charge in [0.1, 0.15) is 0 Å². The standard InChI is InChI=1S/CIN5O2/c2-1(7(8)9)3-5-6-4-1. The van der Waals surface area contributed by atoms with Crippen molar-refractivity contribution in [3.05, 3.63) is 10.1 Å². The Bertz CT molecular complexity index is 185. The van der Waals surface area contributed by atoms with Crippen LogP contribution in [0, 0.1) is 10.1 Å². The Morgan fingerprint density at radius 1 is 1.44 bits per heavy atom. The number of nitrogens with zero attached hydrogens (tertiary/aromatic N) is 5. The molecule has 9 heavy (non-hydrogen) atoms. The molecule has 0 fully saturated rings. The van der Waals surface area contributed by atoms with Crippen molar-refractivity contribution >= 4 is 22.6 Å². The van der Waals surface area contributed by atoms with Gasteiger partial charge in [0, 0.05) is 0 Å². The van der Waals surface area contributed by atoms with Gasteiger partial charge in [-0.2, -0.15) is 0 Å². The number of nitro groups is 1. The van der Waals surface area contributed by atoms with Crippen molar-refractivity contribution in [1.29, 1.82) is 0 Å². The van der Waals surface area contributed by atoms with Crippen LogP contribution in [-0.2, 0) is 0 Å². The Balaban J connectivity index is 2.88. The molecule has 1 aliphatic heterocycles. The molecule has 0 radical (unpaired) electrons. The molecule has 0 saturated heterocycles. The first kappa shape index (κ1) is 6.45. The van der Waals surface area contributed by atoms with Crippen LogP contribution in [0.4, 0.5) is 0 Å². The van der Waals surface area contributed by atoms with Crippen LogP contribution in [0.2, 0.25) is 0 Å². The van der Waals surface area contributed by atoms with Crippen LogP contribution in [0.25, 0.3) is 0 Å². The van der Waals surface area contributed by atoms with Crippen LogP contribution in [0.1, 0.15) is 0 Å². The zero-order valence-electron chi connectivity index (χ0n) is 3.93. The third-order valence-electron chi connectivity index (χ3n) is 0.616. The van der Waals surface area contributed by atoms with Gasteiger partial charge in [-0.15, -0.1) is 0 Å². The minimum atomic E-state index is -1.70. The highest BCUT2D eigenvalue weighted by molar-refractivity contribution is 14.1. The second-order valence-corrected chi connectivity index (χ2v) is 2.64. The quantitative estimate of drug-likeness (QED) is 0.226. The molecule has 1 aliphatic rings. The fourth-order valence-corrected chi connectivity index (χ4v) is 0.440. The van der Waals surface area contributed by atoms with Crippen LogP contribution in [0.5, 0.6) is 0 Å². The summed E-state index contributed by atoms with van der Waals surface area (Å²) < 4.78 is -1.70. The highest BCUT2D eigenvalue weighted by Gasteiger charge is 2.43. The van der Waals surface area contributed by atoms with Crippen LogP contribution in [-0.4, -0.2) is 8.72 Å².